The third-order valence-corrected chi connectivity index (χ3v) is 4.75. The van der Waals surface area contributed by atoms with Gasteiger partial charge in [0.25, 0.3) is 0 Å². The maximum Gasteiger partial charge on any atom is 0.228 e. The Morgan fingerprint density at radius 1 is 1.37 bits per heavy atom. The summed E-state index contributed by atoms with van der Waals surface area (Å²) >= 11 is 0. The van der Waals surface area contributed by atoms with Crippen LogP contribution in [0.2, 0.25) is 0 Å². The summed E-state index contributed by atoms with van der Waals surface area (Å²) in [5, 5.41) is 7.30. The summed E-state index contributed by atoms with van der Waals surface area (Å²) in [4.78, 5) is 14.4. The molecule has 0 saturated carbocycles. The quantitative estimate of drug-likeness (QED) is 0.765. The van der Waals surface area contributed by atoms with Crippen molar-refractivity contribution in [3.05, 3.63) is 77.8 Å². The standard InChI is InChI=1S/C22H24FN3O/c1-4-6-16(7-5-2)20-14-21(25-24-20)26-9-8-17(13-22(26)27)18-10-15(3)11-19(23)12-18/h4-7,10-12,14,17H,1,8-9,13H2,2-3H3,(H,24,25)/b7-5-,16-6+. The Hall–Kier alpha value is -2.95. The van der Waals surface area contributed by atoms with Crippen molar-refractivity contribution in [1.82, 2.24) is 10.2 Å². The summed E-state index contributed by atoms with van der Waals surface area (Å²) in [6.45, 7) is 8.10. The molecule has 1 aliphatic heterocycles. The maximum atomic E-state index is 13.7. The Morgan fingerprint density at radius 2 is 2.19 bits per heavy atom. The molecule has 1 saturated heterocycles. The van der Waals surface area contributed by atoms with Crippen LogP contribution in [0.1, 0.15) is 42.5 Å². The average Bonchev–Trinajstić information content (AvgIpc) is 3.10. The van der Waals surface area contributed by atoms with E-state index in [0.717, 1.165) is 28.8 Å². The fourth-order valence-electron chi connectivity index (χ4n) is 3.50. The third-order valence-electron chi connectivity index (χ3n) is 4.75. The lowest BCUT2D eigenvalue weighted by Gasteiger charge is -2.30. The van der Waals surface area contributed by atoms with E-state index in [-0.39, 0.29) is 17.6 Å². The highest BCUT2D eigenvalue weighted by Crippen LogP contribution is 2.32. The summed E-state index contributed by atoms with van der Waals surface area (Å²) in [5.74, 6) is 0.415. The molecule has 0 bridgehead atoms. The highest BCUT2D eigenvalue weighted by molar-refractivity contribution is 5.94. The minimum Gasteiger partial charge on any atom is -0.295 e. The van der Waals surface area contributed by atoms with E-state index in [1.54, 1.807) is 11.0 Å². The first-order valence-electron chi connectivity index (χ1n) is 9.10. The number of nitrogens with zero attached hydrogens (tertiary/aromatic N) is 2. The Kier molecular flexibility index (Phi) is 5.69. The number of aromatic amines is 1. The van der Waals surface area contributed by atoms with E-state index in [1.165, 1.54) is 12.1 Å². The molecule has 2 aromatic rings. The number of rotatable bonds is 5. The number of nitrogens with one attached hydrogen (secondary N) is 1. The van der Waals surface area contributed by atoms with Gasteiger partial charge in [-0.15, -0.1) is 0 Å². The zero-order chi connectivity index (χ0) is 19.4. The molecule has 0 radical (unpaired) electrons. The van der Waals surface area contributed by atoms with Gasteiger partial charge in [-0.2, -0.15) is 5.10 Å². The molecule has 1 amide bonds. The number of hydrogen-bond donors (Lipinski definition) is 1. The molecule has 1 unspecified atom stereocenters. The predicted octanol–water partition coefficient (Wildman–Crippen LogP) is 4.91. The number of carbonyl (C=O) groups is 1. The van der Waals surface area contributed by atoms with Gasteiger partial charge >= 0.3 is 0 Å². The lowest BCUT2D eigenvalue weighted by Crippen LogP contribution is -2.38. The van der Waals surface area contributed by atoms with Gasteiger partial charge < -0.3 is 0 Å². The van der Waals surface area contributed by atoms with Crippen LogP contribution in [0.4, 0.5) is 10.2 Å². The summed E-state index contributed by atoms with van der Waals surface area (Å²) in [7, 11) is 0. The van der Waals surface area contributed by atoms with Gasteiger partial charge in [0.2, 0.25) is 5.91 Å². The van der Waals surface area contributed by atoms with E-state index in [0.29, 0.717) is 18.8 Å². The number of allylic oxidation sites excluding steroid dienone is 5. The number of H-pyrrole nitrogens is 1. The molecule has 1 fully saturated rings. The van der Waals surface area contributed by atoms with Crippen molar-refractivity contribution in [2.24, 2.45) is 0 Å². The first kappa shape index (κ1) is 18.8. The van der Waals surface area contributed by atoms with Crippen LogP contribution in [-0.4, -0.2) is 22.6 Å². The number of carbonyl (C=O) groups excluding carboxylic acids is 1. The molecule has 1 atom stereocenters. The highest BCUT2D eigenvalue weighted by Gasteiger charge is 2.29. The fourth-order valence-corrected chi connectivity index (χ4v) is 3.50. The normalized spacial score (nSPS) is 18.3. The summed E-state index contributed by atoms with van der Waals surface area (Å²) in [6, 6.07) is 6.88. The second-order valence-electron chi connectivity index (χ2n) is 6.79. The van der Waals surface area contributed by atoms with E-state index in [9.17, 15) is 9.18 Å². The molecule has 140 valence electrons. The van der Waals surface area contributed by atoms with Gasteiger partial charge in [-0.3, -0.25) is 14.8 Å². The summed E-state index contributed by atoms with van der Waals surface area (Å²) in [5.41, 5.74) is 3.55. The number of benzene rings is 1. The topological polar surface area (TPSA) is 49.0 Å². The van der Waals surface area contributed by atoms with Crippen molar-refractivity contribution < 1.29 is 9.18 Å². The van der Waals surface area contributed by atoms with E-state index in [1.807, 2.05) is 44.2 Å². The predicted molar refractivity (Wildman–Crippen MR) is 107 cm³/mol. The van der Waals surface area contributed by atoms with Crippen molar-refractivity contribution in [2.75, 3.05) is 11.4 Å². The van der Waals surface area contributed by atoms with Crippen LogP contribution in [-0.2, 0) is 4.79 Å². The van der Waals surface area contributed by atoms with E-state index in [4.69, 9.17) is 0 Å². The number of piperidine rings is 1. The Bertz CT molecular complexity index is 890. The van der Waals surface area contributed by atoms with Gasteiger partial charge in [0.05, 0.1) is 5.69 Å². The molecule has 0 spiro atoms. The molecule has 5 heteroatoms. The van der Waals surface area contributed by atoms with E-state index >= 15 is 0 Å². The van der Waals surface area contributed by atoms with Crippen LogP contribution in [0.15, 0.2) is 55.1 Å². The Balaban J connectivity index is 1.76. The molecule has 27 heavy (non-hydrogen) atoms. The van der Waals surface area contributed by atoms with E-state index in [2.05, 4.69) is 16.8 Å². The first-order valence-corrected chi connectivity index (χ1v) is 9.10. The van der Waals surface area contributed by atoms with Crippen molar-refractivity contribution in [1.29, 1.82) is 0 Å². The molecule has 4 nitrogen and oxygen atoms in total. The number of aryl methyl sites for hydroxylation is 1. The van der Waals surface area contributed by atoms with Gasteiger partial charge in [-0.1, -0.05) is 36.9 Å². The largest absolute Gasteiger partial charge is 0.295 e. The number of anilines is 1. The second kappa shape index (κ2) is 8.16. The molecule has 1 N–H and O–H groups in total. The molecular formula is C22H24FN3O. The van der Waals surface area contributed by atoms with Crippen LogP contribution < -0.4 is 4.90 Å². The van der Waals surface area contributed by atoms with Crippen molar-refractivity contribution >= 4 is 17.3 Å². The number of halogens is 1. The van der Waals surface area contributed by atoms with Crippen molar-refractivity contribution in [3.8, 4) is 0 Å². The zero-order valence-corrected chi connectivity index (χ0v) is 15.7. The fraction of sp³-hybridized carbons (Fsp3) is 0.273. The lowest BCUT2D eigenvalue weighted by atomic mass is 9.88. The van der Waals surface area contributed by atoms with Crippen LogP contribution >= 0.6 is 0 Å². The smallest absolute Gasteiger partial charge is 0.228 e. The van der Waals surface area contributed by atoms with Gasteiger partial charge in [-0.05, 0) is 55.0 Å². The summed E-state index contributed by atoms with van der Waals surface area (Å²) in [6.07, 6.45) is 8.63. The van der Waals surface area contributed by atoms with Gasteiger partial charge in [0, 0.05) is 19.0 Å². The first-order chi connectivity index (χ1) is 13.0. The minimum atomic E-state index is -0.248. The molecule has 2 heterocycles. The zero-order valence-electron chi connectivity index (χ0n) is 15.7. The molecule has 0 aliphatic carbocycles. The van der Waals surface area contributed by atoms with E-state index < -0.39 is 0 Å². The number of amides is 1. The van der Waals surface area contributed by atoms with Crippen LogP contribution in [0.5, 0.6) is 0 Å². The number of aromatic nitrogens is 2. The molecule has 3 rings (SSSR count). The molecule has 1 aromatic carbocycles. The lowest BCUT2D eigenvalue weighted by molar-refractivity contribution is -0.120. The van der Waals surface area contributed by atoms with Crippen LogP contribution in [0.25, 0.3) is 5.57 Å². The van der Waals surface area contributed by atoms with Crippen molar-refractivity contribution in [2.45, 2.75) is 32.6 Å². The second-order valence-corrected chi connectivity index (χ2v) is 6.79. The minimum absolute atomic E-state index is 0.00602. The molecular weight excluding hydrogens is 341 g/mol. The van der Waals surface area contributed by atoms with Crippen LogP contribution in [0.3, 0.4) is 0 Å². The SMILES string of the molecule is C=C/C=C(\C=C/C)c1cc(N2CCC(c3cc(C)cc(F)c3)CC2=O)n[nH]1. The molecule has 1 aliphatic rings. The van der Waals surface area contributed by atoms with Gasteiger partial charge in [-0.25, -0.2) is 4.39 Å². The van der Waals surface area contributed by atoms with Crippen LogP contribution in [0, 0.1) is 12.7 Å². The average molecular weight is 365 g/mol. The third kappa shape index (κ3) is 4.25. The number of hydrogen-bond acceptors (Lipinski definition) is 2. The molecule has 1 aromatic heterocycles. The maximum absolute atomic E-state index is 13.7. The monoisotopic (exact) mass is 365 g/mol. The highest BCUT2D eigenvalue weighted by atomic mass is 19.1. The van der Waals surface area contributed by atoms with Gasteiger partial charge in [0.15, 0.2) is 5.82 Å². The van der Waals surface area contributed by atoms with Gasteiger partial charge in [0.1, 0.15) is 5.82 Å². The summed E-state index contributed by atoms with van der Waals surface area (Å²) < 4.78 is 13.7. The Morgan fingerprint density at radius 3 is 2.85 bits per heavy atom. The Labute approximate surface area is 159 Å². The van der Waals surface area contributed by atoms with Crippen molar-refractivity contribution in [3.63, 3.8) is 0 Å².